The van der Waals surface area contributed by atoms with Crippen molar-refractivity contribution in [3.8, 4) is 5.75 Å². The van der Waals surface area contributed by atoms with E-state index in [4.69, 9.17) is 16.3 Å². The molecule has 0 heterocycles. The molecule has 0 aromatic heterocycles. The van der Waals surface area contributed by atoms with Gasteiger partial charge in [0.15, 0.2) is 6.61 Å². The molecule has 0 radical (unpaired) electrons. The van der Waals surface area contributed by atoms with Crippen LogP contribution in [0.5, 0.6) is 5.75 Å². The number of halogens is 1. The Hall–Kier alpha value is -3.03. The summed E-state index contributed by atoms with van der Waals surface area (Å²) >= 11 is 5.91. The third-order valence-corrected chi connectivity index (χ3v) is 6.41. The second-order valence-electron chi connectivity index (χ2n) is 7.47. The van der Waals surface area contributed by atoms with E-state index < -0.39 is 10.0 Å². The average molecular weight is 473 g/mol. The molecule has 0 spiro atoms. The highest BCUT2D eigenvalue weighted by atomic mass is 35.5. The molecule has 6 nitrogen and oxygen atoms in total. The van der Waals surface area contributed by atoms with Crippen LogP contribution in [0.3, 0.4) is 0 Å². The molecule has 8 heteroatoms. The van der Waals surface area contributed by atoms with Crippen molar-refractivity contribution in [2.45, 2.75) is 20.4 Å². The molecule has 1 amide bonds. The lowest BCUT2D eigenvalue weighted by Crippen LogP contribution is -2.29. The van der Waals surface area contributed by atoms with Crippen molar-refractivity contribution in [1.82, 2.24) is 0 Å². The predicted molar refractivity (Wildman–Crippen MR) is 129 cm³/mol. The quantitative estimate of drug-likeness (QED) is 0.503. The van der Waals surface area contributed by atoms with Crippen LogP contribution in [0.25, 0.3) is 0 Å². The number of anilines is 2. The van der Waals surface area contributed by atoms with E-state index in [0.717, 1.165) is 28.6 Å². The fraction of sp³-hybridized carbons (Fsp3) is 0.208. The van der Waals surface area contributed by atoms with Crippen LogP contribution in [-0.4, -0.2) is 27.2 Å². The van der Waals surface area contributed by atoms with E-state index in [0.29, 0.717) is 16.5 Å². The summed E-state index contributed by atoms with van der Waals surface area (Å²) in [5.74, 6) is 0.188. The van der Waals surface area contributed by atoms with Crippen LogP contribution >= 0.6 is 11.6 Å². The van der Waals surface area contributed by atoms with Gasteiger partial charge in [0.2, 0.25) is 10.0 Å². The molecule has 168 valence electrons. The number of amides is 1. The van der Waals surface area contributed by atoms with Gasteiger partial charge in [-0.05, 0) is 73.0 Å². The Bertz CT molecular complexity index is 1190. The lowest BCUT2D eigenvalue weighted by molar-refractivity contribution is -0.118. The lowest BCUT2D eigenvalue weighted by Gasteiger charge is -2.23. The van der Waals surface area contributed by atoms with Gasteiger partial charge in [0, 0.05) is 10.7 Å². The first-order chi connectivity index (χ1) is 15.1. The molecule has 0 bridgehead atoms. The van der Waals surface area contributed by atoms with Crippen molar-refractivity contribution in [1.29, 1.82) is 0 Å². The van der Waals surface area contributed by atoms with Gasteiger partial charge in [0.25, 0.3) is 5.91 Å². The summed E-state index contributed by atoms with van der Waals surface area (Å²) < 4.78 is 31.6. The fourth-order valence-corrected chi connectivity index (χ4v) is 4.10. The molecule has 0 saturated carbocycles. The van der Waals surface area contributed by atoms with Gasteiger partial charge in [0.05, 0.1) is 18.5 Å². The molecule has 0 aliphatic heterocycles. The Kier molecular flexibility index (Phi) is 7.43. The molecule has 0 unspecified atom stereocenters. The van der Waals surface area contributed by atoms with E-state index in [1.165, 1.54) is 4.31 Å². The molecule has 0 atom stereocenters. The van der Waals surface area contributed by atoms with Crippen LogP contribution in [-0.2, 0) is 21.4 Å². The van der Waals surface area contributed by atoms with Crippen molar-refractivity contribution in [2.75, 3.05) is 22.5 Å². The van der Waals surface area contributed by atoms with Crippen LogP contribution in [0.15, 0.2) is 66.7 Å². The Balaban J connectivity index is 1.65. The molecule has 3 aromatic rings. The van der Waals surface area contributed by atoms with E-state index >= 15 is 0 Å². The van der Waals surface area contributed by atoms with Gasteiger partial charge in [-0.25, -0.2) is 8.42 Å². The number of aryl methyl sites for hydroxylation is 1. The number of benzene rings is 3. The van der Waals surface area contributed by atoms with E-state index in [1.807, 2.05) is 32.0 Å². The van der Waals surface area contributed by atoms with Crippen LogP contribution in [0, 0.1) is 13.8 Å². The van der Waals surface area contributed by atoms with Crippen LogP contribution in [0.4, 0.5) is 11.4 Å². The first-order valence-electron chi connectivity index (χ1n) is 9.94. The normalized spacial score (nSPS) is 11.1. The molecular weight excluding hydrogens is 448 g/mol. The summed E-state index contributed by atoms with van der Waals surface area (Å²) in [6, 6.07) is 19.3. The molecule has 0 saturated heterocycles. The van der Waals surface area contributed by atoms with E-state index in [9.17, 15) is 13.2 Å². The van der Waals surface area contributed by atoms with Crippen molar-refractivity contribution in [3.63, 3.8) is 0 Å². The summed E-state index contributed by atoms with van der Waals surface area (Å²) in [6.45, 7) is 3.94. The zero-order chi connectivity index (χ0) is 23.3. The second kappa shape index (κ2) is 10.1. The van der Waals surface area contributed by atoms with Gasteiger partial charge in [-0.2, -0.15) is 0 Å². The van der Waals surface area contributed by atoms with Crippen molar-refractivity contribution in [2.24, 2.45) is 0 Å². The molecule has 32 heavy (non-hydrogen) atoms. The van der Waals surface area contributed by atoms with Gasteiger partial charge < -0.3 is 10.1 Å². The predicted octanol–water partition coefficient (Wildman–Crippen LogP) is 4.94. The number of nitrogens with zero attached hydrogens (tertiary/aromatic N) is 1. The van der Waals surface area contributed by atoms with E-state index in [2.05, 4.69) is 5.32 Å². The van der Waals surface area contributed by atoms with Gasteiger partial charge >= 0.3 is 0 Å². The van der Waals surface area contributed by atoms with E-state index in [1.54, 1.807) is 48.5 Å². The van der Waals surface area contributed by atoms with Crippen molar-refractivity contribution in [3.05, 3.63) is 88.4 Å². The largest absolute Gasteiger partial charge is 0.484 e. The van der Waals surface area contributed by atoms with Crippen LogP contribution in [0.1, 0.15) is 16.7 Å². The number of hydrogen-bond acceptors (Lipinski definition) is 4. The van der Waals surface area contributed by atoms with Gasteiger partial charge in [0.1, 0.15) is 5.75 Å². The van der Waals surface area contributed by atoms with Gasteiger partial charge in [-0.15, -0.1) is 0 Å². The summed E-state index contributed by atoms with van der Waals surface area (Å²) in [6.07, 6.45) is 1.16. The zero-order valence-corrected chi connectivity index (χ0v) is 19.7. The maximum absolute atomic E-state index is 12.3. The average Bonchev–Trinajstić information content (AvgIpc) is 2.75. The smallest absolute Gasteiger partial charge is 0.262 e. The summed E-state index contributed by atoms with van der Waals surface area (Å²) in [5, 5.41) is 3.43. The van der Waals surface area contributed by atoms with E-state index in [-0.39, 0.29) is 19.1 Å². The Labute approximate surface area is 193 Å². The number of rotatable bonds is 8. The number of ether oxygens (including phenoxy) is 1. The molecule has 3 rings (SSSR count). The maximum Gasteiger partial charge on any atom is 0.262 e. The number of sulfonamides is 1. The second-order valence-corrected chi connectivity index (χ2v) is 9.82. The SMILES string of the molecule is Cc1cccc(NC(=O)COc2ccc(N(Cc3ccc(Cl)cc3)S(C)(=O)=O)cc2)c1C. The van der Waals surface area contributed by atoms with Gasteiger partial charge in [-0.3, -0.25) is 9.10 Å². The minimum Gasteiger partial charge on any atom is -0.484 e. The molecule has 0 aliphatic rings. The summed E-state index contributed by atoms with van der Waals surface area (Å²) in [5.41, 5.74) is 4.15. The molecular formula is C24H25ClN2O4S. The summed E-state index contributed by atoms with van der Waals surface area (Å²) in [4.78, 5) is 12.3. The standard InChI is InChI=1S/C24H25ClN2O4S/c1-17-5-4-6-23(18(17)2)26-24(28)16-31-22-13-11-21(12-14-22)27(32(3,29)30)15-19-7-9-20(25)10-8-19/h4-14H,15-16H2,1-3H3,(H,26,28). The molecule has 3 aromatic carbocycles. The first kappa shape index (κ1) is 23.6. The Morgan fingerprint density at radius 1 is 1.00 bits per heavy atom. The highest BCUT2D eigenvalue weighted by molar-refractivity contribution is 7.92. The monoisotopic (exact) mass is 472 g/mol. The highest BCUT2D eigenvalue weighted by Gasteiger charge is 2.18. The Morgan fingerprint density at radius 3 is 2.28 bits per heavy atom. The molecule has 0 fully saturated rings. The van der Waals surface area contributed by atoms with Crippen molar-refractivity contribution >= 4 is 38.9 Å². The molecule has 1 N–H and O–H groups in total. The topological polar surface area (TPSA) is 75.7 Å². The van der Waals surface area contributed by atoms with Crippen molar-refractivity contribution < 1.29 is 17.9 Å². The minimum absolute atomic E-state index is 0.159. The number of carbonyl (C=O) groups is 1. The lowest BCUT2D eigenvalue weighted by atomic mass is 10.1. The fourth-order valence-electron chi connectivity index (χ4n) is 3.09. The third kappa shape index (κ3) is 6.24. The van der Waals surface area contributed by atoms with Crippen LogP contribution in [0.2, 0.25) is 5.02 Å². The number of nitrogens with one attached hydrogen (secondary N) is 1. The molecule has 0 aliphatic carbocycles. The zero-order valence-electron chi connectivity index (χ0n) is 18.1. The van der Waals surface area contributed by atoms with Crippen LogP contribution < -0.4 is 14.4 Å². The van der Waals surface area contributed by atoms with Gasteiger partial charge in [-0.1, -0.05) is 35.9 Å². The Morgan fingerprint density at radius 2 is 1.66 bits per heavy atom. The number of hydrogen-bond donors (Lipinski definition) is 1. The maximum atomic E-state index is 12.3. The first-order valence-corrected chi connectivity index (χ1v) is 12.2. The highest BCUT2D eigenvalue weighted by Crippen LogP contribution is 2.24. The summed E-state index contributed by atoms with van der Waals surface area (Å²) in [7, 11) is -3.51. The third-order valence-electron chi connectivity index (χ3n) is 5.01. The minimum atomic E-state index is -3.51. The number of carbonyl (C=O) groups excluding carboxylic acids is 1.